The minimum atomic E-state index is -0.425. The zero-order valence-corrected chi connectivity index (χ0v) is 17.5. The Kier molecular flexibility index (Phi) is 6.96. The lowest BCUT2D eigenvalue weighted by Crippen LogP contribution is -2.19. The number of methoxy groups -OCH3 is 2. The number of benzene rings is 2. The third-order valence-electron chi connectivity index (χ3n) is 3.58. The van der Waals surface area contributed by atoms with Crippen LogP contribution in [0.1, 0.15) is 5.56 Å². The summed E-state index contributed by atoms with van der Waals surface area (Å²) in [5.41, 5.74) is 1.58. The van der Waals surface area contributed by atoms with Crippen LogP contribution in [0.4, 0.5) is 15.6 Å². The van der Waals surface area contributed by atoms with Gasteiger partial charge < -0.3 is 14.8 Å². The highest BCUT2D eigenvalue weighted by Gasteiger charge is 2.11. The van der Waals surface area contributed by atoms with Gasteiger partial charge in [-0.05, 0) is 23.8 Å². The van der Waals surface area contributed by atoms with Crippen LogP contribution in [-0.4, -0.2) is 30.4 Å². The zero-order valence-electron chi connectivity index (χ0n) is 15.1. The van der Waals surface area contributed by atoms with Crippen molar-refractivity contribution in [2.45, 2.75) is 10.1 Å². The summed E-state index contributed by atoms with van der Waals surface area (Å²) >= 11 is 8.95. The largest absolute Gasteiger partial charge is 0.493 e. The van der Waals surface area contributed by atoms with E-state index in [1.165, 1.54) is 30.2 Å². The maximum atomic E-state index is 12.2. The number of carbonyl (C=O) groups is 1. The van der Waals surface area contributed by atoms with E-state index in [-0.39, 0.29) is 0 Å². The van der Waals surface area contributed by atoms with Crippen LogP contribution in [0.25, 0.3) is 0 Å². The summed E-state index contributed by atoms with van der Waals surface area (Å²) in [4.78, 5) is 12.2. The fraction of sp³-hybridized carbons (Fsp3) is 0.167. The molecule has 146 valence electrons. The van der Waals surface area contributed by atoms with Crippen LogP contribution in [-0.2, 0) is 5.75 Å². The van der Waals surface area contributed by atoms with E-state index in [4.69, 9.17) is 21.1 Å². The Morgan fingerprint density at radius 2 is 1.89 bits per heavy atom. The lowest BCUT2D eigenvalue weighted by Gasteiger charge is -2.10. The summed E-state index contributed by atoms with van der Waals surface area (Å²) in [6.45, 7) is 0. The van der Waals surface area contributed by atoms with Crippen LogP contribution >= 0.6 is 34.7 Å². The molecule has 0 aliphatic rings. The molecule has 28 heavy (non-hydrogen) atoms. The molecular formula is C18H17ClN4O3S2. The van der Waals surface area contributed by atoms with Crippen molar-refractivity contribution >= 4 is 51.5 Å². The number of ether oxygens (including phenoxy) is 2. The molecule has 0 bridgehead atoms. The third kappa shape index (κ3) is 5.28. The molecule has 0 spiro atoms. The first-order valence-electron chi connectivity index (χ1n) is 8.09. The molecule has 2 N–H and O–H groups in total. The van der Waals surface area contributed by atoms with Gasteiger partial charge in [-0.25, -0.2) is 4.79 Å². The van der Waals surface area contributed by atoms with Crippen LogP contribution in [0.3, 0.4) is 0 Å². The van der Waals surface area contributed by atoms with Gasteiger partial charge in [0.15, 0.2) is 15.8 Å². The lowest BCUT2D eigenvalue weighted by atomic mass is 10.2. The number of halogens is 1. The molecule has 3 aromatic rings. The number of nitrogens with zero attached hydrogens (tertiary/aromatic N) is 2. The Morgan fingerprint density at radius 3 is 2.64 bits per heavy atom. The molecule has 10 heteroatoms. The normalized spacial score (nSPS) is 10.4. The van der Waals surface area contributed by atoms with Crippen LogP contribution in [0.2, 0.25) is 5.02 Å². The van der Waals surface area contributed by atoms with Crippen molar-refractivity contribution in [1.82, 2.24) is 10.2 Å². The highest BCUT2D eigenvalue weighted by molar-refractivity contribution is 8.00. The van der Waals surface area contributed by atoms with Gasteiger partial charge in [-0.3, -0.25) is 5.32 Å². The number of amides is 2. The molecule has 1 aromatic heterocycles. The molecule has 0 radical (unpaired) electrons. The molecule has 0 saturated heterocycles. The van der Waals surface area contributed by atoms with Crippen LogP contribution < -0.4 is 20.1 Å². The molecule has 0 atom stereocenters. The van der Waals surface area contributed by atoms with Crippen molar-refractivity contribution in [3.05, 3.63) is 53.1 Å². The fourth-order valence-corrected chi connectivity index (χ4v) is 4.28. The Bertz CT molecular complexity index is 968. The maximum absolute atomic E-state index is 12.2. The number of thioether (sulfide) groups is 1. The van der Waals surface area contributed by atoms with Crippen LogP contribution in [0.5, 0.6) is 11.5 Å². The molecule has 0 saturated carbocycles. The van der Waals surface area contributed by atoms with E-state index in [2.05, 4.69) is 20.8 Å². The number of anilines is 2. The first-order valence-corrected chi connectivity index (χ1v) is 10.3. The molecule has 0 unspecified atom stereocenters. The molecule has 0 aliphatic heterocycles. The van der Waals surface area contributed by atoms with E-state index >= 15 is 0 Å². The third-order valence-corrected chi connectivity index (χ3v) is 5.97. The van der Waals surface area contributed by atoms with Crippen molar-refractivity contribution in [3.63, 3.8) is 0 Å². The number of hydrogen-bond acceptors (Lipinski definition) is 7. The van der Waals surface area contributed by atoms with Gasteiger partial charge in [0.25, 0.3) is 0 Å². The van der Waals surface area contributed by atoms with Gasteiger partial charge in [-0.15, -0.1) is 10.2 Å². The van der Waals surface area contributed by atoms with Crippen molar-refractivity contribution in [3.8, 4) is 11.5 Å². The number of nitrogens with one attached hydrogen (secondary N) is 2. The van der Waals surface area contributed by atoms with Crippen LogP contribution in [0.15, 0.2) is 46.8 Å². The van der Waals surface area contributed by atoms with Gasteiger partial charge in [-0.1, -0.05) is 52.9 Å². The molecule has 2 aromatic carbocycles. The first-order chi connectivity index (χ1) is 13.6. The van der Waals surface area contributed by atoms with Gasteiger partial charge in [-0.2, -0.15) is 0 Å². The van der Waals surface area contributed by atoms with Crippen molar-refractivity contribution < 1.29 is 14.3 Å². The van der Waals surface area contributed by atoms with Gasteiger partial charge >= 0.3 is 6.03 Å². The fourth-order valence-electron chi connectivity index (χ4n) is 2.25. The average Bonchev–Trinajstić information content (AvgIpc) is 3.14. The van der Waals surface area contributed by atoms with Gasteiger partial charge in [0.1, 0.15) is 0 Å². The number of hydrogen-bond donors (Lipinski definition) is 2. The minimum Gasteiger partial charge on any atom is -0.493 e. The second kappa shape index (κ2) is 9.63. The predicted molar refractivity (Wildman–Crippen MR) is 113 cm³/mol. The molecule has 0 aliphatic carbocycles. The SMILES string of the molecule is COc1ccc(NC(=O)Nc2nnc(SCc3ccccc3Cl)s2)cc1OC. The quantitative estimate of drug-likeness (QED) is 0.393. The minimum absolute atomic E-state index is 0.402. The number of rotatable bonds is 7. The Labute approximate surface area is 175 Å². The summed E-state index contributed by atoms with van der Waals surface area (Å²) in [7, 11) is 3.08. The van der Waals surface area contributed by atoms with E-state index < -0.39 is 6.03 Å². The second-order valence-corrected chi connectivity index (χ2v) is 8.01. The van der Waals surface area contributed by atoms with Gasteiger partial charge in [0.05, 0.1) is 14.2 Å². The summed E-state index contributed by atoms with van der Waals surface area (Å²) in [6.07, 6.45) is 0. The van der Waals surface area contributed by atoms with E-state index in [0.29, 0.717) is 33.1 Å². The number of carbonyl (C=O) groups excluding carboxylic acids is 1. The monoisotopic (exact) mass is 436 g/mol. The van der Waals surface area contributed by atoms with E-state index in [1.807, 2.05) is 24.3 Å². The standard InChI is InChI=1S/C18H17ClN4O3S2/c1-25-14-8-7-12(9-15(14)26-2)20-16(24)21-17-22-23-18(28-17)27-10-11-5-3-4-6-13(11)19/h3-9H,10H2,1-2H3,(H2,20,21,22,24). The Balaban J connectivity index is 1.56. The molecule has 3 rings (SSSR count). The highest BCUT2D eigenvalue weighted by Crippen LogP contribution is 2.31. The summed E-state index contributed by atoms with van der Waals surface area (Å²) < 4.78 is 11.1. The molecule has 0 fully saturated rings. The molecular weight excluding hydrogens is 420 g/mol. The van der Waals surface area contributed by atoms with Gasteiger partial charge in [0, 0.05) is 22.5 Å². The Morgan fingerprint density at radius 1 is 1.11 bits per heavy atom. The second-order valence-electron chi connectivity index (χ2n) is 5.40. The molecule has 1 heterocycles. The number of aromatic nitrogens is 2. The van der Waals surface area contributed by atoms with Gasteiger partial charge in [0.2, 0.25) is 5.13 Å². The Hall–Kier alpha value is -2.49. The lowest BCUT2D eigenvalue weighted by molar-refractivity contribution is 0.262. The van der Waals surface area contributed by atoms with E-state index in [0.717, 1.165) is 9.90 Å². The molecule has 2 amide bonds. The summed E-state index contributed by atoms with van der Waals surface area (Å²) in [6, 6.07) is 12.3. The van der Waals surface area contributed by atoms with Crippen molar-refractivity contribution in [2.75, 3.05) is 24.9 Å². The smallest absolute Gasteiger partial charge is 0.325 e. The topological polar surface area (TPSA) is 85.4 Å². The number of urea groups is 1. The average molecular weight is 437 g/mol. The summed E-state index contributed by atoms with van der Waals surface area (Å²) in [5.74, 6) is 1.78. The van der Waals surface area contributed by atoms with Crippen molar-refractivity contribution in [2.24, 2.45) is 0 Å². The predicted octanol–water partition coefficient (Wildman–Crippen LogP) is 5.15. The zero-order chi connectivity index (χ0) is 19.9. The summed E-state index contributed by atoms with van der Waals surface area (Å²) in [5, 5.41) is 14.6. The highest BCUT2D eigenvalue weighted by atomic mass is 35.5. The van der Waals surface area contributed by atoms with E-state index in [9.17, 15) is 4.79 Å². The molecule has 7 nitrogen and oxygen atoms in total. The maximum Gasteiger partial charge on any atom is 0.325 e. The van der Waals surface area contributed by atoms with Crippen molar-refractivity contribution in [1.29, 1.82) is 0 Å². The first kappa shape index (κ1) is 20.2. The van der Waals surface area contributed by atoms with Crippen LogP contribution in [0, 0.1) is 0 Å². The van der Waals surface area contributed by atoms with E-state index in [1.54, 1.807) is 25.3 Å².